The van der Waals surface area contributed by atoms with Gasteiger partial charge in [0, 0.05) is 37.9 Å². The summed E-state index contributed by atoms with van der Waals surface area (Å²) in [5.41, 5.74) is -0.238. The molecule has 2 unspecified atom stereocenters. The number of methoxy groups -OCH3 is 1. The fraction of sp³-hybridized carbons (Fsp3) is 0.786. The van der Waals surface area contributed by atoms with E-state index in [9.17, 15) is 9.18 Å². The third-order valence-corrected chi connectivity index (χ3v) is 2.94. The van der Waals surface area contributed by atoms with Crippen LogP contribution < -0.4 is 5.32 Å². The first-order valence-electron chi connectivity index (χ1n) is 6.67. The van der Waals surface area contributed by atoms with E-state index in [1.807, 2.05) is 25.7 Å². The van der Waals surface area contributed by atoms with Crippen LogP contribution in [0.15, 0.2) is 12.2 Å². The molecule has 110 valence electrons. The number of halogens is 1. The highest BCUT2D eigenvalue weighted by atomic mass is 19.1. The Morgan fingerprint density at radius 2 is 2.21 bits per heavy atom. The van der Waals surface area contributed by atoms with Crippen molar-refractivity contribution in [2.24, 2.45) is 0 Å². The summed E-state index contributed by atoms with van der Waals surface area (Å²) in [5.74, 6) is -0.119. The predicted octanol–water partition coefficient (Wildman–Crippen LogP) is 1.52. The Balaban J connectivity index is 2.40. The molecule has 5 heteroatoms. The molecule has 1 amide bonds. The Morgan fingerprint density at radius 3 is 2.79 bits per heavy atom. The average Bonchev–Trinajstić information content (AvgIpc) is 2.57. The second-order valence-corrected chi connectivity index (χ2v) is 6.04. The number of amides is 1. The van der Waals surface area contributed by atoms with E-state index in [0.29, 0.717) is 26.1 Å². The molecular weight excluding hydrogens is 247 g/mol. The molecule has 1 heterocycles. The first kappa shape index (κ1) is 16.1. The van der Waals surface area contributed by atoms with E-state index in [4.69, 9.17) is 4.74 Å². The van der Waals surface area contributed by atoms with Crippen molar-refractivity contribution in [1.82, 2.24) is 10.2 Å². The number of likely N-dealkylation sites (tertiary alicyclic amines) is 1. The molecule has 0 aromatic heterocycles. The van der Waals surface area contributed by atoms with Crippen molar-refractivity contribution in [3.8, 4) is 0 Å². The van der Waals surface area contributed by atoms with E-state index in [0.717, 1.165) is 0 Å². The van der Waals surface area contributed by atoms with Crippen LogP contribution in [0, 0.1) is 0 Å². The molecule has 1 aliphatic heterocycles. The number of nitrogens with zero attached hydrogens (tertiary/aromatic N) is 1. The molecule has 0 aromatic carbocycles. The molecule has 0 aromatic rings. The largest absolute Gasteiger partial charge is 0.383 e. The Hall–Kier alpha value is -0.940. The standard InChI is InChI=1S/C14H25FN2O2/c1-14(2,3)16-13(18)6-5-7-17-9-11(15)8-12(17)10-19-4/h5-6,11-12H,7-10H2,1-4H3,(H,16,18)/b6-5+. The Kier molecular flexibility index (Phi) is 5.94. The fourth-order valence-electron chi connectivity index (χ4n) is 2.22. The van der Waals surface area contributed by atoms with Crippen LogP contribution in [0.25, 0.3) is 0 Å². The molecule has 1 N–H and O–H groups in total. The van der Waals surface area contributed by atoms with Crippen LogP contribution in [0.1, 0.15) is 27.2 Å². The van der Waals surface area contributed by atoms with Crippen LogP contribution >= 0.6 is 0 Å². The zero-order valence-electron chi connectivity index (χ0n) is 12.3. The van der Waals surface area contributed by atoms with Gasteiger partial charge in [0.15, 0.2) is 0 Å². The van der Waals surface area contributed by atoms with Gasteiger partial charge in [0.25, 0.3) is 0 Å². The number of hydrogen-bond donors (Lipinski definition) is 1. The van der Waals surface area contributed by atoms with Crippen LogP contribution in [-0.2, 0) is 9.53 Å². The van der Waals surface area contributed by atoms with Crippen molar-refractivity contribution in [1.29, 1.82) is 0 Å². The first-order valence-corrected chi connectivity index (χ1v) is 6.67. The molecule has 1 fully saturated rings. The van der Waals surface area contributed by atoms with E-state index >= 15 is 0 Å². The van der Waals surface area contributed by atoms with Gasteiger partial charge >= 0.3 is 0 Å². The van der Waals surface area contributed by atoms with Gasteiger partial charge in [-0.1, -0.05) is 6.08 Å². The van der Waals surface area contributed by atoms with Gasteiger partial charge < -0.3 is 10.1 Å². The second-order valence-electron chi connectivity index (χ2n) is 6.04. The summed E-state index contributed by atoms with van der Waals surface area (Å²) in [4.78, 5) is 13.6. The molecule has 4 nitrogen and oxygen atoms in total. The van der Waals surface area contributed by atoms with Gasteiger partial charge in [0.05, 0.1) is 6.61 Å². The van der Waals surface area contributed by atoms with Crippen LogP contribution in [0.3, 0.4) is 0 Å². The van der Waals surface area contributed by atoms with E-state index in [1.54, 1.807) is 13.2 Å². The number of hydrogen-bond acceptors (Lipinski definition) is 3. The summed E-state index contributed by atoms with van der Waals surface area (Å²) in [7, 11) is 1.62. The lowest BCUT2D eigenvalue weighted by atomic mass is 10.1. The summed E-state index contributed by atoms with van der Waals surface area (Å²) in [6, 6.07) is 0.107. The average molecular weight is 272 g/mol. The van der Waals surface area contributed by atoms with Crippen LogP contribution in [-0.4, -0.2) is 55.4 Å². The number of alkyl halides is 1. The highest BCUT2D eigenvalue weighted by Crippen LogP contribution is 2.20. The van der Waals surface area contributed by atoms with Gasteiger partial charge in [0.2, 0.25) is 5.91 Å². The predicted molar refractivity (Wildman–Crippen MR) is 73.8 cm³/mol. The lowest BCUT2D eigenvalue weighted by molar-refractivity contribution is -0.117. The van der Waals surface area contributed by atoms with E-state index in [-0.39, 0.29) is 17.5 Å². The molecular formula is C14H25FN2O2. The first-order chi connectivity index (χ1) is 8.81. The summed E-state index contributed by atoms with van der Waals surface area (Å²) in [5, 5.41) is 2.85. The zero-order valence-corrected chi connectivity index (χ0v) is 12.3. The van der Waals surface area contributed by atoms with Gasteiger partial charge in [-0.05, 0) is 27.2 Å². The van der Waals surface area contributed by atoms with Gasteiger partial charge in [-0.25, -0.2) is 4.39 Å². The minimum Gasteiger partial charge on any atom is -0.383 e. The molecule has 0 bridgehead atoms. The fourth-order valence-corrected chi connectivity index (χ4v) is 2.22. The maximum Gasteiger partial charge on any atom is 0.244 e. The van der Waals surface area contributed by atoms with Crippen molar-refractivity contribution >= 4 is 5.91 Å². The maximum atomic E-state index is 13.4. The highest BCUT2D eigenvalue weighted by molar-refractivity contribution is 5.87. The molecule has 0 spiro atoms. The topological polar surface area (TPSA) is 41.6 Å². The number of nitrogens with one attached hydrogen (secondary N) is 1. The smallest absolute Gasteiger partial charge is 0.244 e. The normalized spacial score (nSPS) is 25.1. The SMILES string of the molecule is COCC1CC(F)CN1C/C=C/C(=O)NC(C)(C)C. The molecule has 19 heavy (non-hydrogen) atoms. The third kappa shape index (κ3) is 6.16. The zero-order chi connectivity index (χ0) is 14.5. The van der Waals surface area contributed by atoms with Crippen LogP contribution in [0.4, 0.5) is 4.39 Å². The van der Waals surface area contributed by atoms with Crippen molar-refractivity contribution in [2.75, 3.05) is 26.8 Å². The third-order valence-electron chi connectivity index (χ3n) is 2.94. The summed E-state index contributed by atoms with van der Waals surface area (Å²) >= 11 is 0. The van der Waals surface area contributed by atoms with Crippen LogP contribution in [0.2, 0.25) is 0 Å². The summed E-state index contributed by atoms with van der Waals surface area (Å²) in [6.45, 7) is 7.32. The molecule has 0 aliphatic carbocycles. The van der Waals surface area contributed by atoms with Crippen molar-refractivity contribution < 1.29 is 13.9 Å². The van der Waals surface area contributed by atoms with Gasteiger partial charge in [-0.15, -0.1) is 0 Å². The number of rotatable bonds is 5. The number of carbonyl (C=O) groups is 1. The lowest BCUT2D eigenvalue weighted by Crippen LogP contribution is -2.39. The minimum absolute atomic E-state index is 0.107. The van der Waals surface area contributed by atoms with Gasteiger partial charge in [-0.2, -0.15) is 0 Å². The quantitative estimate of drug-likeness (QED) is 0.772. The second kappa shape index (κ2) is 7.01. The van der Waals surface area contributed by atoms with Crippen molar-refractivity contribution in [3.63, 3.8) is 0 Å². The maximum absolute atomic E-state index is 13.4. The number of carbonyl (C=O) groups excluding carboxylic acids is 1. The van der Waals surface area contributed by atoms with Crippen LogP contribution in [0.5, 0.6) is 0 Å². The molecule has 0 saturated carbocycles. The van der Waals surface area contributed by atoms with Gasteiger partial charge in [-0.3, -0.25) is 9.69 Å². The monoisotopic (exact) mass is 272 g/mol. The Morgan fingerprint density at radius 1 is 1.53 bits per heavy atom. The van der Waals surface area contributed by atoms with E-state index in [2.05, 4.69) is 5.32 Å². The van der Waals surface area contributed by atoms with Gasteiger partial charge in [0.1, 0.15) is 6.17 Å². The van der Waals surface area contributed by atoms with E-state index < -0.39 is 6.17 Å². The molecule has 1 aliphatic rings. The lowest BCUT2D eigenvalue weighted by Gasteiger charge is -2.22. The Labute approximate surface area is 115 Å². The molecule has 2 atom stereocenters. The summed E-state index contributed by atoms with van der Waals surface area (Å²) < 4.78 is 18.4. The number of ether oxygens (including phenoxy) is 1. The van der Waals surface area contributed by atoms with Crippen molar-refractivity contribution in [3.05, 3.63) is 12.2 Å². The minimum atomic E-state index is -0.794. The van der Waals surface area contributed by atoms with E-state index in [1.165, 1.54) is 6.08 Å². The van der Waals surface area contributed by atoms with Crippen molar-refractivity contribution in [2.45, 2.75) is 44.9 Å². The molecule has 0 radical (unpaired) electrons. The molecule has 1 saturated heterocycles. The summed E-state index contributed by atoms with van der Waals surface area (Å²) in [6.07, 6.45) is 3.01. The molecule has 1 rings (SSSR count). The Bertz CT molecular complexity index is 326. The highest BCUT2D eigenvalue weighted by Gasteiger charge is 2.31.